The Hall–Kier alpha value is -1.85. The van der Waals surface area contributed by atoms with Crippen molar-refractivity contribution in [2.45, 2.75) is 51.0 Å². The number of ether oxygens (including phenoxy) is 4. The third-order valence-corrected chi connectivity index (χ3v) is 3.93. The zero-order valence-electron chi connectivity index (χ0n) is 14.3. The molecule has 0 aliphatic carbocycles. The lowest BCUT2D eigenvalue weighted by Crippen LogP contribution is -2.59. The minimum absolute atomic E-state index is 0.0933. The summed E-state index contributed by atoms with van der Waals surface area (Å²) in [6, 6.07) is 5.24. The Kier molecular flexibility index (Phi) is 7.23. The lowest BCUT2D eigenvalue weighted by atomic mass is 10.00. The molecule has 1 heterocycles. The molecule has 10 heteroatoms. The number of benzene rings is 1. The maximum Gasteiger partial charge on any atom is 0.358 e. The Morgan fingerprint density at radius 3 is 2.54 bits per heavy atom. The Bertz CT molecular complexity index is 625. The number of nitro benzene ring substituents is 1. The van der Waals surface area contributed by atoms with Gasteiger partial charge < -0.3 is 29.2 Å². The van der Waals surface area contributed by atoms with E-state index in [0.717, 1.165) is 6.42 Å². The highest BCUT2D eigenvalue weighted by Crippen LogP contribution is 2.25. The molecule has 1 fully saturated rings. The normalized spacial score (nSPS) is 28.4. The molecule has 144 valence electrons. The second-order valence-corrected chi connectivity index (χ2v) is 6.08. The molecular weight excluding hydrogens is 366 g/mol. The summed E-state index contributed by atoms with van der Waals surface area (Å²) >= 11 is 4.99. The molecule has 26 heavy (non-hydrogen) atoms. The van der Waals surface area contributed by atoms with E-state index in [2.05, 4.69) is 0 Å². The molecule has 0 amide bonds. The molecule has 0 radical (unpaired) electrons. The predicted octanol–water partition coefficient (Wildman–Crippen LogP) is 1.54. The quantitative estimate of drug-likeness (QED) is 0.425. The van der Waals surface area contributed by atoms with Gasteiger partial charge in [0.25, 0.3) is 5.69 Å². The van der Waals surface area contributed by atoms with E-state index in [-0.39, 0.29) is 16.7 Å². The highest BCUT2D eigenvalue weighted by Gasteiger charge is 2.45. The Morgan fingerprint density at radius 2 is 1.96 bits per heavy atom. The molecule has 2 rings (SSSR count). The largest absolute Gasteiger partial charge is 0.447 e. The van der Waals surface area contributed by atoms with Crippen molar-refractivity contribution in [3.05, 3.63) is 34.4 Å². The number of nitrogens with zero attached hydrogens (tertiary/aromatic N) is 1. The maximum atomic E-state index is 10.6. The third-order valence-electron chi connectivity index (χ3n) is 3.75. The molecule has 0 saturated carbocycles. The van der Waals surface area contributed by atoms with Crippen molar-refractivity contribution in [1.82, 2.24) is 0 Å². The van der Waals surface area contributed by atoms with Crippen molar-refractivity contribution >= 4 is 23.1 Å². The molecule has 0 aromatic heterocycles. The van der Waals surface area contributed by atoms with Gasteiger partial charge in [-0.3, -0.25) is 10.1 Å². The van der Waals surface area contributed by atoms with Crippen molar-refractivity contribution in [2.75, 3.05) is 6.61 Å². The summed E-state index contributed by atoms with van der Waals surface area (Å²) in [4.78, 5) is 10.1. The number of hydrogen-bond acceptors (Lipinski definition) is 9. The highest BCUT2D eigenvalue weighted by molar-refractivity contribution is 7.79. The summed E-state index contributed by atoms with van der Waals surface area (Å²) in [6.07, 6.45) is -4.40. The molecule has 0 unspecified atom stereocenters. The van der Waals surface area contributed by atoms with Crippen LogP contribution in [0.3, 0.4) is 0 Å². The lowest BCUT2D eigenvalue weighted by molar-refractivity contribution is -0.384. The van der Waals surface area contributed by atoms with Crippen LogP contribution >= 0.6 is 12.2 Å². The minimum Gasteiger partial charge on any atom is -0.447 e. The summed E-state index contributed by atoms with van der Waals surface area (Å²) < 4.78 is 21.5. The molecule has 1 aliphatic rings. The van der Waals surface area contributed by atoms with Gasteiger partial charge in [0, 0.05) is 31.0 Å². The average molecular weight is 387 g/mol. The molecule has 1 aromatic rings. The van der Waals surface area contributed by atoms with Crippen LogP contribution in [-0.4, -0.2) is 57.7 Å². The number of nitro groups is 1. The average Bonchev–Trinajstić information content (AvgIpc) is 2.61. The van der Waals surface area contributed by atoms with Gasteiger partial charge in [0.15, 0.2) is 12.4 Å². The van der Waals surface area contributed by atoms with E-state index in [0.29, 0.717) is 6.61 Å². The summed E-state index contributed by atoms with van der Waals surface area (Å²) in [6.45, 7) is 3.91. The molecular formula is C16H21NO8S. The Morgan fingerprint density at radius 1 is 1.31 bits per heavy atom. The van der Waals surface area contributed by atoms with Gasteiger partial charge in [0.05, 0.1) is 11.0 Å². The first-order chi connectivity index (χ1) is 12.3. The number of aliphatic hydroxyl groups excluding tert-OH is 2. The summed E-state index contributed by atoms with van der Waals surface area (Å²) in [5.41, 5.74) is -0.0933. The van der Waals surface area contributed by atoms with E-state index in [4.69, 9.17) is 31.2 Å². The van der Waals surface area contributed by atoms with Gasteiger partial charge in [-0.1, -0.05) is 6.92 Å². The molecule has 2 N–H and O–H groups in total. The zero-order valence-corrected chi connectivity index (χ0v) is 15.1. The number of hydrogen-bond donors (Lipinski definition) is 2. The predicted molar refractivity (Wildman–Crippen MR) is 93.8 cm³/mol. The number of thiocarbonyl (C=S) groups is 1. The van der Waals surface area contributed by atoms with Crippen molar-refractivity contribution in [2.24, 2.45) is 0 Å². The molecule has 1 aliphatic heterocycles. The standard InChI is InChI=1S/C16H21NO8S/c1-3-8-22-15-13(19)14(12(18)9(2)23-15)25-16(26)24-11-6-4-10(5-7-11)17(20)21/h4-7,9,12-15,18-19H,3,8H2,1-2H3/t9-,12+,13-,14+,15+/m0/s1. The van der Waals surface area contributed by atoms with E-state index in [1.54, 1.807) is 6.92 Å². The summed E-state index contributed by atoms with van der Waals surface area (Å²) in [5.74, 6) is 0.225. The Labute approximate surface area is 155 Å². The van der Waals surface area contributed by atoms with Crippen LogP contribution in [0.5, 0.6) is 5.75 Å². The minimum atomic E-state index is -1.27. The second-order valence-electron chi connectivity index (χ2n) is 5.75. The van der Waals surface area contributed by atoms with Crippen LogP contribution in [0.15, 0.2) is 24.3 Å². The fraction of sp³-hybridized carbons (Fsp3) is 0.562. The highest BCUT2D eigenvalue weighted by atomic mass is 32.1. The first-order valence-electron chi connectivity index (χ1n) is 8.09. The van der Waals surface area contributed by atoms with Crippen molar-refractivity contribution in [1.29, 1.82) is 0 Å². The van der Waals surface area contributed by atoms with Gasteiger partial charge >= 0.3 is 5.24 Å². The van der Waals surface area contributed by atoms with Crippen LogP contribution in [0.1, 0.15) is 20.3 Å². The van der Waals surface area contributed by atoms with Gasteiger partial charge in [-0.2, -0.15) is 0 Å². The van der Waals surface area contributed by atoms with Crippen LogP contribution in [0.25, 0.3) is 0 Å². The van der Waals surface area contributed by atoms with Gasteiger partial charge in [-0.05, 0) is 25.5 Å². The number of rotatable bonds is 6. The van der Waals surface area contributed by atoms with Gasteiger partial charge in [0.1, 0.15) is 18.0 Å². The second kappa shape index (κ2) is 9.19. The van der Waals surface area contributed by atoms with Crippen LogP contribution in [0, 0.1) is 10.1 Å². The number of non-ortho nitro benzene ring substituents is 1. The van der Waals surface area contributed by atoms with Gasteiger partial charge in [0.2, 0.25) is 0 Å². The first kappa shape index (κ1) is 20.5. The molecule has 9 nitrogen and oxygen atoms in total. The van der Waals surface area contributed by atoms with E-state index in [1.165, 1.54) is 24.3 Å². The summed E-state index contributed by atoms with van der Waals surface area (Å²) in [7, 11) is 0. The molecule has 0 spiro atoms. The van der Waals surface area contributed by atoms with E-state index < -0.39 is 35.6 Å². The van der Waals surface area contributed by atoms with Crippen molar-refractivity contribution < 1.29 is 34.1 Å². The fourth-order valence-corrected chi connectivity index (χ4v) is 2.58. The summed E-state index contributed by atoms with van der Waals surface area (Å²) in [5, 5.41) is 30.8. The van der Waals surface area contributed by atoms with Gasteiger partial charge in [-0.25, -0.2) is 0 Å². The fourth-order valence-electron chi connectivity index (χ4n) is 2.38. The van der Waals surface area contributed by atoms with Crippen LogP contribution in [-0.2, 0) is 14.2 Å². The van der Waals surface area contributed by atoms with Gasteiger partial charge in [-0.15, -0.1) is 0 Å². The van der Waals surface area contributed by atoms with Crippen LogP contribution in [0.2, 0.25) is 0 Å². The van der Waals surface area contributed by atoms with Crippen molar-refractivity contribution in [3.8, 4) is 5.75 Å². The molecule has 0 bridgehead atoms. The monoisotopic (exact) mass is 387 g/mol. The molecule has 1 aromatic carbocycles. The zero-order chi connectivity index (χ0) is 19.3. The van der Waals surface area contributed by atoms with Crippen LogP contribution < -0.4 is 4.74 Å². The first-order valence-corrected chi connectivity index (χ1v) is 8.50. The van der Waals surface area contributed by atoms with E-state index >= 15 is 0 Å². The van der Waals surface area contributed by atoms with Crippen LogP contribution in [0.4, 0.5) is 5.69 Å². The third kappa shape index (κ3) is 5.08. The smallest absolute Gasteiger partial charge is 0.358 e. The molecule has 5 atom stereocenters. The number of aliphatic hydroxyl groups is 2. The lowest BCUT2D eigenvalue weighted by Gasteiger charge is -2.40. The SMILES string of the molecule is CCCO[C@@H]1O[C@@H](C)[C@@H](O)[C@@H](OC(=S)Oc2ccc([N+](=O)[O-])cc2)[C@@H]1O. The molecule has 1 saturated heterocycles. The Balaban J connectivity index is 1.99. The maximum absolute atomic E-state index is 10.6. The van der Waals surface area contributed by atoms with E-state index in [9.17, 15) is 20.3 Å². The topological polar surface area (TPSA) is 121 Å². The van der Waals surface area contributed by atoms with Crippen molar-refractivity contribution in [3.63, 3.8) is 0 Å². The van der Waals surface area contributed by atoms with E-state index in [1.807, 2.05) is 6.92 Å².